The van der Waals surface area contributed by atoms with Crippen LogP contribution in [0.1, 0.15) is 47.1 Å². The number of nitrogens with zero attached hydrogens (tertiary/aromatic N) is 1. The van der Waals surface area contributed by atoms with Gasteiger partial charge in [0.05, 0.1) is 5.70 Å². The minimum absolute atomic E-state index is 0.278. The van der Waals surface area contributed by atoms with Crippen LogP contribution in [-0.4, -0.2) is 21.9 Å². The Kier molecular flexibility index (Phi) is 9.47. The second-order valence-corrected chi connectivity index (χ2v) is 22.0. The van der Waals surface area contributed by atoms with Gasteiger partial charge in [-0.2, -0.15) is 0 Å². The fourth-order valence-electron chi connectivity index (χ4n) is 6.36. The normalized spacial score (nSPS) is 12.5. The number of hydroxylamine groups is 2. The van der Waals surface area contributed by atoms with Crippen molar-refractivity contribution in [3.8, 4) is 0 Å². The highest BCUT2D eigenvalue weighted by molar-refractivity contribution is 7.00. The first kappa shape index (κ1) is 32.4. The topological polar surface area (TPSA) is 21.7 Å². The predicted molar refractivity (Wildman–Crippen MR) is 195 cm³/mol. The van der Waals surface area contributed by atoms with Crippen molar-refractivity contribution in [1.29, 1.82) is 0 Å². The molecule has 5 aromatic carbocycles. The second-order valence-electron chi connectivity index (χ2n) is 13.6. The van der Waals surface area contributed by atoms with Crippen molar-refractivity contribution in [2.45, 2.75) is 51.6 Å². The zero-order chi connectivity index (χ0) is 32.1. The second kappa shape index (κ2) is 13.2. The summed E-state index contributed by atoms with van der Waals surface area (Å²) in [4.78, 5) is 0. The fraction of sp³-hybridized carbons (Fsp3) is 0.200. The molecule has 0 aliphatic carbocycles. The maximum Gasteiger partial charge on any atom is 0.299 e. The monoisotopic (exact) mass is 627 g/mol. The summed E-state index contributed by atoms with van der Waals surface area (Å²) < 4.78 is 15.3. The van der Waals surface area contributed by atoms with E-state index in [0.717, 1.165) is 5.56 Å². The lowest BCUT2D eigenvalue weighted by Gasteiger charge is -2.49. The van der Waals surface area contributed by atoms with Crippen molar-refractivity contribution in [2.75, 3.05) is 0 Å². The van der Waals surface area contributed by atoms with Gasteiger partial charge in [0.15, 0.2) is 0 Å². The Hall–Kier alpha value is -4.01. The van der Waals surface area contributed by atoms with Gasteiger partial charge in [0.25, 0.3) is 16.6 Å². The molecule has 5 rings (SSSR count). The third-order valence-corrected chi connectivity index (χ3v) is 18.3. The van der Waals surface area contributed by atoms with E-state index in [1.54, 1.807) is 5.23 Å². The van der Waals surface area contributed by atoms with Gasteiger partial charge in [-0.15, -0.1) is 5.23 Å². The van der Waals surface area contributed by atoms with Crippen molar-refractivity contribution in [3.05, 3.63) is 164 Å². The van der Waals surface area contributed by atoms with Crippen LogP contribution in [0.3, 0.4) is 0 Å². The first-order valence-electron chi connectivity index (χ1n) is 15.7. The smallest absolute Gasteiger partial charge is 0.286 e. The number of hydrogen-bond acceptors (Lipinski definition) is 3. The Morgan fingerprint density at radius 3 is 0.933 bits per heavy atom. The van der Waals surface area contributed by atoms with Crippen LogP contribution in [0.4, 0.5) is 0 Å². The van der Waals surface area contributed by atoms with Crippen LogP contribution in [0.5, 0.6) is 0 Å². The van der Waals surface area contributed by atoms with E-state index < -0.39 is 16.6 Å². The molecule has 0 aliphatic heterocycles. The standard InChI is InChI=1S/C40H45NO2Si2/c1-33(34-23-13-8-14-24-34)41(42-44(39(2,3)4,35-25-15-9-16-26-35)36-27-17-10-18-28-36)43-45(40(5,6)7,37-29-19-11-20-30-37)38-31-21-12-22-32-38/h8-32H,1H2,2-7H3. The third-order valence-electron chi connectivity index (χ3n) is 8.60. The summed E-state index contributed by atoms with van der Waals surface area (Å²) in [6.07, 6.45) is 0. The van der Waals surface area contributed by atoms with Crippen molar-refractivity contribution < 1.29 is 9.05 Å². The highest BCUT2D eigenvalue weighted by Gasteiger charge is 2.57. The van der Waals surface area contributed by atoms with Gasteiger partial charge >= 0.3 is 0 Å². The van der Waals surface area contributed by atoms with E-state index in [4.69, 9.17) is 9.05 Å². The Bertz CT molecular complexity index is 1480. The van der Waals surface area contributed by atoms with E-state index in [1.807, 2.05) is 18.2 Å². The van der Waals surface area contributed by atoms with Crippen molar-refractivity contribution in [1.82, 2.24) is 5.23 Å². The van der Waals surface area contributed by atoms with Gasteiger partial charge < -0.3 is 0 Å². The van der Waals surface area contributed by atoms with Gasteiger partial charge in [-0.1, -0.05) is 200 Å². The van der Waals surface area contributed by atoms with Crippen molar-refractivity contribution in [3.63, 3.8) is 0 Å². The number of benzene rings is 5. The highest BCUT2D eigenvalue weighted by Crippen LogP contribution is 2.42. The first-order chi connectivity index (χ1) is 21.5. The van der Waals surface area contributed by atoms with Gasteiger partial charge in [0.2, 0.25) is 0 Å². The molecule has 0 saturated heterocycles. The summed E-state index contributed by atoms with van der Waals surface area (Å²) in [5.74, 6) is 0. The average molecular weight is 628 g/mol. The molecule has 0 bridgehead atoms. The van der Waals surface area contributed by atoms with Crippen LogP contribution in [0, 0.1) is 0 Å². The molecular weight excluding hydrogens is 583 g/mol. The summed E-state index contributed by atoms with van der Waals surface area (Å²) in [5.41, 5.74) is 1.60. The van der Waals surface area contributed by atoms with Crippen molar-refractivity contribution >= 4 is 43.1 Å². The van der Waals surface area contributed by atoms with E-state index in [-0.39, 0.29) is 10.1 Å². The van der Waals surface area contributed by atoms with Crippen LogP contribution in [-0.2, 0) is 9.05 Å². The third kappa shape index (κ3) is 6.27. The highest BCUT2D eigenvalue weighted by atomic mass is 28.4. The maximum absolute atomic E-state index is 7.67. The molecule has 0 amide bonds. The zero-order valence-electron chi connectivity index (χ0n) is 27.4. The molecule has 0 N–H and O–H groups in total. The Balaban J connectivity index is 1.81. The molecule has 0 spiro atoms. The summed E-state index contributed by atoms with van der Waals surface area (Å²) in [5, 5.41) is 5.84. The maximum atomic E-state index is 7.67. The molecule has 5 aromatic rings. The van der Waals surface area contributed by atoms with Crippen LogP contribution in [0.2, 0.25) is 10.1 Å². The molecule has 0 unspecified atom stereocenters. The number of rotatable bonds is 10. The molecule has 0 aliphatic rings. The molecule has 0 saturated carbocycles. The van der Waals surface area contributed by atoms with E-state index in [9.17, 15) is 0 Å². The molecule has 0 fully saturated rings. The number of hydrogen-bond donors (Lipinski definition) is 0. The van der Waals surface area contributed by atoms with Crippen LogP contribution in [0.15, 0.2) is 158 Å². The Morgan fingerprint density at radius 2 is 0.689 bits per heavy atom. The molecule has 0 aromatic heterocycles. The van der Waals surface area contributed by atoms with E-state index in [1.165, 1.54) is 20.7 Å². The molecule has 230 valence electrons. The summed E-state index contributed by atoms with van der Waals surface area (Å²) >= 11 is 0. The van der Waals surface area contributed by atoms with Gasteiger partial charge in [-0.3, -0.25) is 9.05 Å². The molecular formula is C40H45NO2Si2. The lowest BCUT2D eigenvalue weighted by molar-refractivity contribution is -0.220. The van der Waals surface area contributed by atoms with Gasteiger partial charge in [-0.05, 0) is 30.8 Å². The quantitative estimate of drug-likeness (QED) is 0.116. The molecule has 5 heteroatoms. The van der Waals surface area contributed by atoms with E-state index >= 15 is 0 Å². The van der Waals surface area contributed by atoms with Gasteiger partial charge in [0, 0.05) is 5.56 Å². The molecule has 0 radical (unpaired) electrons. The van der Waals surface area contributed by atoms with E-state index in [2.05, 4.69) is 182 Å². The van der Waals surface area contributed by atoms with E-state index in [0.29, 0.717) is 5.70 Å². The summed E-state index contributed by atoms with van der Waals surface area (Å²) in [6.45, 7) is 18.4. The lowest BCUT2D eigenvalue weighted by Crippen LogP contribution is -2.72. The fourth-order valence-corrected chi connectivity index (χ4v) is 15.0. The molecule has 0 heterocycles. The Labute approximate surface area is 272 Å². The van der Waals surface area contributed by atoms with Crippen LogP contribution >= 0.6 is 0 Å². The van der Waals surface area contributed by atoms with Crippen molar-refractivity contribution in [2.24, 2.45) is 0 Å². The average Bonchev–Trinajstić information content (AvgIpc) is 3.05. The van der Waals surface area contributed by atoms with Gasteiger partial charge in [0.1, 0.15) is 0 Å². The summed E-state index contributed by atoms with van der Waals surface area (Å²) in [6, 6.07) is 53.0. The molecule has 0 atom stereocenters. The lowest BCUT2D eigenvalue weighted by atomic mass is 10.2. The predicted octanol–water partition coefficient (Wildman–Crippen LogP) is 7.94. The molecule has 45 heavy (non-hydrogen) atoms. The van der Waals surface area contributed by atoms with Crippen LogP contribution in [0.25, 0.3) is 5.70 Å². The SMILES string of the molecule is C=C(c1ccccc1)N(O[Si](c1ccccc1)(c1ccccc1)C(C)(C)C)O[Si](c1ccccc1)(c1ccccc1)C(C)(C)C. The summed E-state index contributed by atoms with van der Waals surface area (Å²) in [7, 11) is -6.21. The molecule has 3 nitrogen and oxygen atoms in total. The first-order valence-corrected chi connectivity index (χ1v) is 19.5. The minimum atomic E-state index is -3.11. The zero-order valence-corrected chi connectivity index (χ0v) is 29.4. The largest absolute Gasteiger partial charge is 0.299 e. The Morgan fingerprint density at radius 1 is 0.444 bits per heavy atom. The minimum Gasteiger partial charge on any atom is -0.286 e. The van der Waals surface area contributed by atoms with Crippen LogP contribution < -0.4 is 20.7 Å². The van der Waals surface area contributed by atoms with Gasteiger partial charge in [-0.25, -0.2) is 0 Å².